The number of halogens is 2. The van der Waals surface area contributed by atoms with Crippen molar-refractivity contribution in [2.45, 2.75) is 63.8 Å². The molecule has 0 spiro atoms. The number of fused-ring (bicyclic) bond motifs is 2. The molecular formula is C41H43Cl2N5O6. The maximum atomic E-state index is 12.0. The van der Waals surface area contributed by atoms with Gasteiger partial charge in [-0.1, -0.05) is 65.7 Å². The van der Waals surface area contributed by atoms with Gasteiger partial charge in [-0.3, -0.25) is 14.5 Å². The third-order valence-electron chi connectivity index (χ3n) is 11.7. The molecule has 11 nitrogen and oxygen atoms in total. The minimum atomic E-state index is -0.704. The third kappa shape index (κ3) is 6.76. The largest absolute Gasteiger partial charge is 0.481 e. The van der Waals surface area contributed by atoms with Gasteiger partial charge in [-0.15, -0.1) is 0 Å². The minimum absolute atomic E-state index is 0.1000. The van der Waals surface area contributed by atoms with Gasteiger partial charge in [-0.05, 0) is 66.8 Å². The first kappa shape index (κ1) is 36.6. The van der Waals surface area contributed by atoms with Crippen LogP contribution in [0.3, 0.4) is 0 Å². The normalized spacial score (nSPS) is 23.0. The highest BCUT2D eigenvalue weighted by atomic mass is 35.5. The molecule has 2 aliphatic carbocycles. The van der Waals surface area contributed by atoms with E-state index in [1.54, 1.807) is 14.2 Å². The van der Waals surface area contributed by atoms with E-state index in [9.17, 15) is 14.7 Å². The smallest absolute Gasteiger partial charge is 0.311 e. The second-order valence-corrected chi connectivity index (χ2v) is 15.6. The molecule has 0 radical (unpaired) electrons. The minimum Gasteiger partial charge on any atom is -0.481 e. The number of hydrogen-bond donors (Lipinski definition) is 3. The number of carbonyl (C=O) groups excluding carboxylic acids is 1. The fourth-order valence-electron chi connectivity index (χ4n) is 8.73. The van der Waals surface area contributed by atoms with Crippen LogP contribution in [0.1, 0.15) is 60.5 Å². The molecule has 54 heavy (non-hydrogen) atoms. The number of ether oxygens (including phenoxy) is 3. The molecule has 3 N–H and O–H groups in total. The molecule has 0 bridgehead atoms. The monoisotopic (exact) mass is 771 g/mol. The van der Waals surface area contributed by atoms with Crippen LogP contribution in [-0.4, -0.2) is 71.7 Å². The molecular weight excluding hydrogens is 729 g/mol. The van der Waals surface area contributed by atoms with E-state index in [0.717, 1.165) is 77.6 Å². The standard InChI is InChI=1S/C41H43Cl2N5O6/c1-52-37-23(18-44-19-26-10-14-35(49)45-26)9-12-33(46-37)31-8-4-7-30(36(31)43)27-5-3-6-29-28(27)11-13-34(29)54-39-32(42)17-24(38(47-39)53-2)20-48-21-25-15-16-41(25,22-48)40(50)51/h3-9,12,17,25-26,34,44H,10-11,13-16,18-22H2,1-2H3,(H,45,49)(H,50,51)/t25-,26-,34-,41-/m0/s1. The van der Waals surface area contributed by atoms with Crippen LogP contribution in [-0.2, 0) is 29.1 Å². The number of aliphatic carboxylic acids is 1. The van der Waals surface area contributed by atoms with E-state index in [2.05, 4.69) is 27.7 Å². The van der Waals surface area contributed by atoms with Crippen LogP contribution in [0, 0.1) is 11.3 Å². The maximum absolute atomic E-state index is 12.0. The predicted molar refractivity (Wildman–Crippen MR) is 205 cm³/mol. The van der Waals surface area contributed by atoms with Crippen molar-refractivity contribution in [1.29, 1.82) is 0 Å². The second-order valence-electron chi connectivity index (χ2n) is 14.8. The Balaban J connectivity index is 0.989. The number of hydrogen-bond acceptors (Lipinski definition) is 9. The Hall–Kier alpha value is -4.42. The van der Waals surface area contributed by atoms with Gasteiger partial charge in [0.25, 0.3) is 0 Å². The fourth-order valence-corrected chi connectivity index (χ4v) is 9.27. The molecule has 2 saturated heterocycles. The van der Waals surface area contributed by atoms with E-state index < -0.39 is 11.4 Å². The summed E-state index contributed by atoms with van der Waals surface area (Å²) in [5, 5.41) is 17.2. The van der Waals surface area contributed by atoms with Crippen LogP contribution in [0.5, 0.6) is 17.6 Å². The number of carboxylic acid groups (broad SMARTS) is 1. The van der Waals surface area contributed by atoms with Gasteiger partial charge >= 0.3 is 5.97 Å². The van der Waals surface area contributed by atoms with Crippen molar-refractivity contribution >= 4 is 35.1 Å². The Morgan fingerprint density at radius 3 is 2.46 bits per heavy atom. The van der Waals surface area contributed by atoms with Crippen LogP contribution >= 0.6 is 23.2 Å². The van der Waals surface area contributed by atoms with Crippen molar-refractivity contribution < 1.29 is 28.9 Å². The Morgan fingerprint density at radius 1 is 0.963 bits per heavy atom. The molecule has 4 aliphatic rings. The second kappa shape index (κ2) is 15.0. The number of aromatic nitrogens is 2. The molecule has 3 fully saturated rings. The molecule has 4 atom stereocenters. The zero-order valence-electron chi connectivity index (χ0n) is 30.3. The van der Waals surface area contributed by atoms with Crippen LogP contribution in [0.4, 0.5) is 0 Å². The lowest BCUT2D eigenvalue weighted by Crippen LogP contribution is -2.46. The average molecular weight is 773 g/mol. The molecule has 2 aromatic carbocycles. The number of carboxylic acids is 1. The van der Waals surface area contributed by atoms with Crippen molar-refractivity contribution in [3.63, 3.8) is 0 Å². The van der Waals surface area contributed by atoms with Gasteiger partial charge in [-0.2, -0.15) is 4.98 Å². The molecule has 2 aromatic heterocycles. The Labute approximate surface area is 324 Å². The van der Waals surface area contributed by atoms with Crippen molar-refractivity contribution in [3.05, 3.63) is 86.9 Å². The summed E-state index contributed by atoms with van der Waals surface area (Å²) >= 11 is 14.0. The highest BCUT2D eigenvalue weighted by Crippen LogP contribution is 2.53. The SMILES string of the molecule is COc1nc(-c2cccc(-c3cccc4c3CC[C@@H]4Oc3nc(OC)c(CN4C[C@@H]5CC[C@]5(C(=O)O)C4)cc3Cl)c2Cl)ccc1CNC[C@@H]1CCC(=O)N1. The molecule has 8 rings (SSSR count). The van der Waals surface area contributed by atoms with E-state index in [4.69, 9.17) is 47.4 Å². The summed E-state index contributed by atoms with van der Waals surface area (Å²) in [4.78, 5) is 35.3. The van der Waals surface area contributed by atoms with Gasteiger partial charge in [0, 0.05) is 67.4 Å². The quantitative estimate of drug-likeness (QED) is 0.132. The third-order valence-corrected chi connectivity index (χ3v) is 12.3. The van der Waals surface area contributed by atoms with Gasteiger partial charge in [0.2, 0.25) is 23.5 Å². The van der Waals surface area contributed by atoms with Gasteiger partial charge in [0.1, 0.15) is 11.1 Å². The van der Waals surface area contributed by atoms with E-state index in [0.29, 0.717) is 66.0 Å². The highest BCUT2D eigenvalue weighted by molar-refractivity contribution is 6.36. The first-order chi connectivity index (χ1) is 26.2. The number of likely N-dealkylation sites (tertiary alicyclic amines) is 1. The average Bonchev–Trinajstić information content (AvgIpc) is 3.84. The van der Waals surface area contributed by atoms with E-state index in [1.165, 1.54) is 0 Å². The molecule has 4 aromatic rings. The Kier molecular flexibility index (Phi) is 10.2. The van der Waals surface area contributed by atoms with Gasteiger partial charge in [0.15, 0.2) is 0 Å². The Bertz CT molecular complexity index is 2110. The van der Waals surface area contributed by atoms with Crippen molar-refractivity contribution in [3.8, 4) is 40.0 Å². The number of nitrogens with one attached hydrogen (secondary N) is 2. The summed E-state index contributed by atoms with van der Waals surface area (Å²) < 4.78 is 17.9. The molecule has 1 saturated carbocycles. The van der Waals surface area contributed by atoms with Gasteiger partial charge < -0.3 is 30.0 Å². The van der Waals surface area contributed by atoms with Gasteiger partial charge in [-0.25, -0.2) is 4.98 Å². The Morgan fingerprint density at radius 2 is 1.74 bits per heavy atom. The summed E-state index contributed by atoms with van der Waals surface area (Å²) in [5.41, 5.74) is 6.72. The van der Waals surface area contributed by atoms with Gasteiger partial charge in [0.05, 0.1) is 30.4 Å². The topological polar surface area (TPSA) is 135 Å². The number of amides is 1. The first-order valence-electron chi connectivity index (χ1n) is 18.5. The molecule has 282 valence electrons. The predicted octanol–water partition coefficient (Wildman–Crippen LogP) is 6.87. The zero-order valence-corrected chi connectivity index (χ0v) is 31.8. The van der Waals surface area contributed by atoms with Crippen molar-refractivity contribution in [2.24, 2.45) is 11.3 Å². The summed E-state index contributed by atoms with van der Waals surface area (Å²) in [6, 6.07) is 18.1. The molecule has 0 unspecified atom stereocenters. The lowest BCUT2D eigenvalue weighted by molar-refractivity contribution is -0.156. The van der Waals surface area contributed by atoms with E-state index >= 15 is 0 Å². The number of methoxy groups -OCH3 is 2. The summed E-state index contributed by atoms with van der Waals surface area (Å²) in [6.07, 6.45) is 4.31. The number of nitrogens with zero attached hydrogens (tertiary/aromatic N) is 3. The molecule has 4 heterocycles. The molecule has 1 amide bonds. The maximum Gasteiger partial charge on any atom is 0.311 e. The zero-order chi connectivity index (χ0) is 37.6. The van der Waals surface area contributed by atoms with E-state index in [1.807, 2.05) is 42.5 Å². The summed E-state index contributed by atoms with van der Waals surface area (Å²) in [5.74, 6) is 0.808. The first-order valence-corrected chi connectivity index (χ1v) is 19.2. The summed E-state index contributed by atoms with van der Waals surface area (Å²) in [7, 11) is 3.18. The lowest BCUT2D eigenvalue weighted by Gasteiger charge is -2.39. The molecule has 2 aliphatic heterocycles. The van der Waals surface area contributed by atoms with Crippen LogP contribution in [0.15, 0.2) is 54.6 Å². The van der Waals surface area contributed by atoms with E-state index in [-0.39, 0.29) is 24.0 Å². The van der Waals surface area contributed by atoms with Crippen molar-refractivity contribution in [2.75, 3.05) is 33.9 Å². The van der Waals surface area contributed by atoms with Crippen molar-refractivity contribution in [1.82, 2.24) is 25.5 Å². The highest BCUT2D eigenvalue weighted by Gasteiger charge is 2.58. The summed E-state index contributed by atoms with van der Waals surface area (Å²) in [6.45, 7) is 2.99. The van der Waals surface area contributed by atoms with Crippen LogP contribution in [0.2, 0.25) is 10.0 Å². The van der Waals surface area contributed by atoms with Crippen LogP contribution < -0.4 is 24.8 Å². The molecule has 13 heteroatoms. The van der Waals surface area contributed by atoms with Crippen LogP contribution in [0.25, 0.3) is 22.4 Å². The number of benzene rings is 2. The lowest BCUT2D eigenvalue weighted by atomic mass is 9.62. The number of pyridine rings is 2. The number of carbonyl (C=O) groups is 2. The fraction of sp³-hybridized carbons (Fsp3) is 0.415. The number of rotatable bonds is 13.